The fraction of sp³-hybridized carbons (Fsp3) is 0.812. The number of rotatable bonds is 4. The summed E-state index contributed by atoms with van der Waals surface area (Å²) in [5.41, 5.74) is 1.66. The minimum atomic E-state index is 0.232. The van der Waals surface area contributed by atoms with Crippen molar-refractivity contribution in [2.45, 2.75) is 72.0 Å². The number of hydrogen-bond donors (Lipinski definition) is 1. The van der Waals surface area contributed by atoms with Crippen molar-refractivity contribution in [3.63, 3.8) is 0 Å². The molecule has 1 aliphatic rings. The van der Waals surface area contributed by atoms with Crippen LogP contribution in [0.15, 0.2) is 0 Å². The number of aromatic nitrogens is 1. The largest absolute Gasteiger partial charge is 0.308 e. The van der Waals surface area contributed by atoms with Crippen LogP contribution in [-0.4, -0.2) is 34.1 Å². The number of aryl methyl sites for hydroxylation is 2. The number of nitrogens with zero attached hydrogens (tertiary/aromatic N) is 2. The average molecular weight is 295 g/mol. The Hall–Kier alpha value is -0.450. The summed E-state index contributed by atoms with van der Waals surface area (Å²) in [7, 11) is 0. The number of thiazole rings is 1. The predicted molar refractivity (Wildman–Crippen MR) is 87.4 cm³/mol. The van der Waals surface area contributed by atoms with Crippen LogP contribution in [-0.2, 0) is 6.54 Å². The van der Waals surface area contributed by atoms with Crippen LogP contribution in [0.1, 0.15) is 56.1 Å². The van der Waals surface area contributed by atoms with E-state index in [2.05, 4.69) is 51.8 Å². The molecule has 0 aliphatic carbocycles. The fourth-order valence-electron chi connectivity index (χ4n) is 2.79. The van der Waals surface area contributed by atoms with Gasteiger partial charge in [-0.15, -0.1) is 11.3 Å². The summed E-state index contributed by atoms with van der Waals surface area (Å²) in [6, 6.07) is 0. The Labute approximate surface area is 127 Å². The maximum atomic E-state index is 4.73. The van der Waals surface area contributed by atoms with E-state index in [0.717, 1.165) is 19.6 Å². The van der Waals surface area contributed by atoms with E-state index in [1.807, 2.05) is 11.3 Å². The lowest BCUT2D eigenvalue weighted by Crippen LogP contribution is -2.67. The minimum Gasteiger partial charge on any atom is -0.308 e. The van der Waals surface area contributed by atoms with E-state index in [0.29, 0.717) is 0 Å². The van der Waals surface area contributed by atoms with E-state index in [1.54, 1.807) is 0 Å². The van der Waals surface area contributed by atoms with Gasteiger partial charge in [-0.05, 0) is 40.5 Å². The van der Waals surface area contributed by atoms with Crippen molar-refractivity contribution in [3.05, 3.63) is 15.6 Å². The molecule has 1 aromatic heterocycles. The first kappa shape index (κ1) is 15.9. The van der Waals surface area contributed by atoms with Gasteiger partial charge in [-0.1, -0.05) is 13.8 Å². The highest BCUT2D eigenvalue weighted by Crippen LogP contribution is 2.31. The normalized spacial score (nSPS) is 31.7. The van der Waals surface area contributed by atoms with E-state index >= 15 is 0 Å². The van der Waals surface area contributed by atoms with Crippen LogP contribution in [0, 0.1) is 13.8 Å². The van der Waals surface area contributed by atoms with Gasteiger partial charge in [0.1, 0.15) is 5.01 Å². The molecule has 0 bridgehead atoms. The molecular weight excluding hydrogens is 266 g/mol. The summed E-state index contributed by atoms with van der Waals surface area (Å²) >= 11 is 1.85. The van der Waals surface area contributed by atoms with E-state index < -0.39 is 0 Å². The summed E-state index contributed by atoms with van der Waals surface area (Å²) in [5, 5.41) is 5.02. The van der Waals surface area contributed by atoms with Crippen molar-refractivity contribution >= 4 is 11.3 Å². The summed E-state index contributed by atoms with van der Waals surface area (Å²) in [6.45, 7) is 16.7. The highest BCUT2D eigenvalue weighted by molar-refractivity contribution is 7.11. The van der Waals surface area contributed by atoms with Gasteiger partial charge < -0.3 is 5.32 Å². The SMILES string of the molecule is CCC1(C)CN(Cc2nc(C)c(C)s2)C(C)(CC)CN1. The Morgan fingerprint density at radius 2 is 1.95 bits per heavy atom. The lowest BCUT2D eigenvalue weighted by molar-refractivity contribution is 0.0104. The Kier molecular flexibility index (Phi) is 4.57. The molecule has 1 N–H and O–H groups in total. The third kappa shape index (κ3) is 3.07. The molecule has 114 valence electrons. The monoisotopic (exact) mass is 295 g/mol. The average Bonchev–Trinajstić information content (AvgIpc) is 2.73. The third-order valence-corrected chi connectivity index (χ3v) is 6.20. The molecule has 0 aromatic carbocycles. The molecule has 1 aromatic rings. The van der Waals surface area contributed by atoms with Crippen molar-refractivity contribution in [2.75, 3.05) is 13.1 Å². The Bertz CT molecular complexity index is 451. The van der Waals surface area contributed by atoms with Crippen LogP contribution in [0.25, 0.3) is 0 Å². The zero-order chi connectivity index (χ0) is 15.0. The molecule has 0 saturated carbocycles. The molecule has 1 saturated heterocycles. The van der Waals surface area contributed by atoms with Crippen molar-refractivity contribution in [1.29, 1.82) is 0 Å². The minimum absolute atomic E-state index is 0.232. The molecule has 2 atom stereocenters. The van der Waals surface area contributed by atoms with Gasteiger partial charge in [0.2, 0.25) is 0 Å². The van der Waals surface area contributed by atoms with Crippen LogP contribution in [0.4, 0.5) is 0 Å². The highest BCUT2D eigenvalue weighted by Gasteiger charge is 2.41. The van der Waals surface area contributed by atoms with Gasteiger partial charge in [0.25, 0.3) is 0 Å². The van der Waals surface area contributed by atoms with Gasteiger partial charge in [0.15, 0.2) is 0 Å². The smallest absolute Gasteiger partial charge is 0.107 e. The van der Waals surface area contributed by atoms with Crippen molar-refractivity contribution in [1.82, 2.24) is 15.2 Å². The molecule has 2 rings (SSSR count). The predicted octanol–water partition coefficient (Wildman–Crippen LogP) is 3.50. The summed E-state index contributed by atoms with van der Waals surface area (Å²) in [4.78, 5) is 8.73. The Morgan fingerprint density at radius 1 is 1.25 bits per heavy atom. The zero-order valence-electron chi connectivity index (χ0n) is 13.8. The summed E-state index contributed by atoms with van der Waals surface area (Å²) in [5.74, 6) is 0. The van der Waals surface area contributed by atoms with Gasteiger partial charge in [0.05, 0.1) is 12.2 Å². The Balaban J connectivity index is 2.19. The first-order chi connectivity index (χ1) is 9.32. The number of hydrogen-bond acceptors (Lipinski definition) is 4. The van der Waals surface area contributed by atoms with E-state index in [4.69, 9.17) is 4.98 Å². The first-order valence-corrected chi connectivity index (χ1v) is 8.56. The van der Waals surface area contributed by atoms with Crippen LogP contribution < -0.4 is 5.32 Å². The maximum absolute atomic E-state index is 4.73. The molecular formula is C16H29N3S. The Morgan fingerprint density at radius 3 is 2.45 bits per heavy atom. The molecule has 20 heavy (non-hydrogen) atoms. The second-order valence-corrected chi connectivity index (χ2v) is 8.01. The van der Waals surface area contributed by atoms with Crippen LogP contribution in [0.3, 0.4) is 0 Å². The lowest BCUT2D eigenvalue weighted by Gasteiger charge is -2.52. The molecule has 0 radical (unpaired) electrons. The van der Waals surface area contributed by atoms with Gasteiger partial charge in [-0.3, -0.25) is 4.90 Å². The lowest BCUT2D eigenvalue weighted by atomic mass is 9.86. The maximum Gasteiger partial charge on any atom is 0.107 e. The zero-order valence-corrected chi connectivity index (χ0v) is 14.7. The second-order valence-electron chi connectivity index (χ2n) is 6.72. The van der Waals surface area contributed by atoms with Crippen molar-refractivity contribution in [2.24, 2.45) is 0 Å². The van der Waals surface area contributed by atoms with E-state index in [1.165, 1.54) is 28.4 Å². The van der Waals surface area contributed by atoms with Crippen molar-refractivity contribution in [3.8, 4) is 0 Å². The molecule has 0 amide bonds. The molecule has 3 nitrogen and oxygen atoms in total. The number of piperazine rings is 1. The molecule has 1 fully saturated rings. The summed E-state index contributed by atoms with van der Waals surface area (Å²) in [6.07, 6.45) is 2.34. The molecule has 1 aliphatic heterocycles. The third-order valence-electron chi connectivity index (χ3n) is 5.14. The number of nitrogens with one attached hydrogen (secondary N) is 1. The van der Waals surface area contributed by atoms with Gasteiger partial charge in [-0.2, -0.15) is 0 Å². The van der Waals surface area contributed by atoms with Crippen LogP contribution in [0.2, 0.25) is 0 Å². The summed E-state index contributed by atoms with van der Waals surface area (Å²) < 4.78 is 0. The van der Waals surface area contributed by atoms with E-state index in [-0.39, 0.29) is 11.1 Å². The molecule has 2 heterocycles. The molecule has 0 spiro atoms. The van der Waals surface area contributed by atoms with Gasteiger partial charge >= 0.3 is 0 Å². The topological polar surface area (TPSA) is 28.2 Å². The van der Waals surface area contributed by atoms with Crippen molar-refractivity contribution < 1.29 is 0 Å². The second kappa shape index (κ2) is 5.74. The first-order valence-electron chi connectivity index (χ1n) is 7.75. The van der Waals surface area contributed by atoms with Crippen LogP contribution >= 0.6 is 11.3 Å². The molecule has 4 heteroatoms. The quantitative estimate of drug-likeness (QED) is 0.921. The standard InChI is InChI=1S/C16H29N3S/c1-7-15(5)11-19(16(6,8-2)10-17-15)9-14-18-12(3)13(4)20-14/h17H,7-11H2,1-6H3. The van der Waals surface area contributed by atoms with Gasteiger partial charge in [-0.25, -0.2) is 4.98 Å². The van der Waals surface area contributed by atoms with Crippen LogP contribution in [0.5, 0.6) is 0 Å². The van der Waals surface area contributed by atoms with E-state index in [9.17, 15) is 0 Å². The van der Waals surface area contributed by atoms with Gasteiger partial charge in [0, 0.05) is 29.0 Å². The molecule has 2 unspecified atom stereocenters. The highest BCUT2D eigenvalue weighted by atomic mass is 32.1. The fourth-order valence-corrected chi connectivity index (χ4v) is 3.74.